The number of carbonyl (C=O) groups excluding carboxylic acids is 2. The van der Waals surface area contributed by atoms with Gasteiger partial charge in [0.25, 0.3) is 0 Å². The standard InChI is InChI=1S/C6H10O3.Cu/c1-3-9-6(8)4-5(2)7;/h3-4H2,1-2H3;/q;+2. The minimum atomic E-state index is -0.440. The molecular weight excluding hydrogens is 184 g/mol. The van der Waals surface area contributed by atoms with Crippen LogP contribution in [0.25, 0.3) is 0 Å². The molecule has 0 aromatic heterocycles. The average molecular weight is 194 g/mol. The molecule has 0 aromatic rings. The van der Waals surface area contributed by atoms with E-state index in [-0.39, 0.29) is 29.3 Å². The average Bonchev–Trinajstić information content (AvgIpc) is 1.63. The molecule has 0 saturated carbocycles. The Bertz CT molecular complexity index is 122. The largest absolute Gasteiger partial charge is 2.00 e. The third-order valence-electron chi connectivity index (χ3n) is 0.699. The molecule has 4 heteroatoms. The van der Waals surface area contributed by atoms with Gasteiger partial charge < -0.3 is 4.74 Å². The first-order valence-electron chi connectivity index (χ1n) is 2.82. The molecule has 0 heterocycles. The van der Waals surface area contributed by atoms with Crippen molar-refractivity contribution in [2.75, 3.05) is 6.61 Å². The van der Waals surface area contributed by atoms with Gasteiger partial charge in [-0.3, -0.25) is 9.59 Å². The Morgan fingerprint density at radius 3 is 2.20 bits per heavy atom. The van der Waals surface area contributed by atoms with E-state index in [2.05, 4.69) is 4.74 Å². The molecule has 0 aliphatic carbocycles. The Kier molecular flexibility index (Phi) is 8.36. The van der Waals surface area contributed by atoms with Crippen molar-refractivity contribution in [3.63, 3.8) is 0 Å². The number of esters is 1. The molecule has 0 saturated heterocycles. The van der Waals surface area contributed by atoms with E-state index in [1.54, 1.807) is 6.92 Å². The maximum Gasteiger partial charge on any atom is 2.00 e. The number of hydrogen-bond acceptors (Lipinski definition) is 3. The number of ether oxygens (including phenoxy) is 1. The summed E-state index contributed by atoms with van der Waals surface area (Å²) in [5.74, 6) is -0.599. The fraction of sp³-hybridized carbons (Fsp3) is 0.667. The fourth-order valence-electron chi connectivity index (χ4n) is 0.415. The van der Waals surface area contributed by atoms with Crippen LogP contribution < -0.4 is 0 Å². The van der Waals surface area contributed by atoms with Gasteiger partial charge in [0, 0.05) is 0 Å². The van der Waals surface area contributed by atoms with E-state index in [4.69, 9.17) is 0 Å². The van der Waals surface area contributed by atoms with Crippen molar-refractivity contribution >= 4 is 11.8 Å². The summed E-state index contributed by atoms with van der Waals surface area (Å²) in [6.45, 7) is 3.40. The summed E-state index contributed by atoms with van der Waals surface area (Å²) < 4.78 is 4.49. The molecule has 0 unspecified atom stereocenters. The van der Waals surface area contributed by atoms with Gasteiger partial charge in [0.05, 0.1) is 6.61 Å². The molecule has 0 bridgehead atoms. The Balaban J connectivity index is 0. The first-order chi connectivity index (χ1) is 4.16. The van der Waals surface area contributed by atoms with Gasteiger partial charge in [-0.2, -0.15) is 0 Å². The quantitative estimate of drug-likeness (QED) is 0.373. The third-order valence-corrected chi connectivity index (χ3v) is 0.699. The van der Waals surface area contributed by atoms with Gasteiger partial charge in [-0.15, -0.1) is 0 Å². The van der Waals surface area contributed by atoms with Gasteiger partial charge in [-0.1, -0.05) is 0 Å². The van der Waals surface area contributed by atoms with Crippen LogP contribution in [0.1, 0.15) is 20.3 Å². The van der Waals surface area contributed by atoms with Gasteiger partial charge in [0.15, 0.2) is 0 Å². The number of Topliss-reactive ketones (excluding diaryl/α,β-unsaturated/α-hetero) is 1. The van der Waals surface area contributed by atoms with Gasteiger partial charge in [-0.05, 0) is 13.8 Å². The first kappa shape index (κ1) is 12.3. The van der Waals surface area contributed by atoms with Gasteiger partial charge in [0.1, 0.15) is 12.2 Å². The van der Waals surface area contributed by atoms with Crippen LogP contribution >= 0.6 is 0 Å². The second-order valence-corrected chi connectivity index (χ2v) is 1.68. The minimum Gasteiger partial charge on any atom is -0.466 e. The van der Waals surface area contributed by atoms with Crippen LogP contribution in [-0.2, 0) is 31.4 Å². The number of hydrogen-bond donors (Lipinski definition) is 0. The van der Waals surface area contributed by atoms with Crippen LogP contribution in [0, 0.1) is 0 Å². The van der Waals surface area contributed by atoms with Gasteiger partial charge >= 0.3 is 23.0 Å². The number of rotatable bonds is 3. The second-order valence-electron chi connectivity index (χ2n) is 1.68. The van der Waals surface area contributed by atoms with Crippen molar-refractivity contribution in [2.45, 2.75) is 20.3 Å². The van der Waals surface area contributed by atoms with Crippen LogP contribution in [0.3, 0.4) is 0 Å². The number of carbonyl (C=O) groups is 2. The maximum absolute atomic E-state index is 10.4. The summed E-state index contributed by atoms with van der Waals surface area (Å²) in [7, 11) is 0. The summed E-state index contributed by atoms with van der Waals surface area (Å²) in [4.78, 5) is 20.6. The maximum atomic E-state index is 10.4. The van der Waals surface area contributed by atoms with E-state index in [0.717, 1.165) is 0 Å². The van der Waals surface area contributed by atoms with E-state index in [0.29, 0.717) is 6.61 Å². The minimum absolute atomic E-state index is 0. The van der Waals surface area contributed by atoms with Crippen molar-refractivity contribution in [1.29, 1.82) is 0 Å². The molecule has 0 spiro atoms. The van der Waals surface area contributed by atoms with Crippen LogP contribution in [0.4, 0.5) is 0 Å². The van der Waals surface area contributed by atoms with Crippen LogP contribution in [0.2, 0.25) is 0 Å². The second kappa shape index (κ2) is 6.77. The monoisotopic (exact) mass is 193 g/mol. The zero-order valence-electron chi connectivity index (χ0n) is 5.94. The van der Waals surface area contributed by atoms with E-state index < -0.39 is 5.97 Å². The van der Waals surface area contributed by atoms with Gasteiger partial charge in [-0.25, -0.2) is 0 Å². The zero-order valence-corrected chi connectivity index (χ0v) is 6.88. The summed E-state index contributed by atoms with van der Waals surface area (Å²) in [5.41, 5.74) is 0. The Morgan fingerprint density at radius 1 is 1.40 bits per heavy atom. The molecule has 0 aliphatic rings. The first-order valence-corrected chi connectivity index (χ1v) is 2.82. The van der Waals surface area contributed by atoms with Crippen LogP contribution in [0.5, 0.6) is 0 Å². The van der Waals surface area contributed by atoms with E-state index in [9.17, 15) is 9.59 Å². The Labute approximate surface area is 70.6 Å². The van der Waals surface area contributed by atoms with Gasteiger partial charge in [0.2, 0.25) is 0 Å². The molecule has 0 fully saturated rings. The molecule has 0 aliphatic heterocycles. The molecule has 3 nitrogen and oxygen atoms in total. The van der Waals surface area contributed by atoms with Crippen molar-refractivity contribution in [1.82, 2.24) is 0 Å². The van der Waals surface area contributed by atoms with Crippen LogP contribution in [-0.4, -0.2) is 18.4 Å². The molecule has 0 rings (SSSR count). The molecule has 0 amide bonds. The molecule has 1 radical (unpaired) electrons. The molecule has 61 valence electrons. The smallest absolute Gasteiger partial charge is 0.466 e. The molecule has 0 atom stereocenters. The predicted molar refractivity (Wildman–Crippen MR) is 31.9 cm³/mol. The molecule has 0 N–H and O–H groups in total. The molecule has 10 heavy (non-hydrogen) atoms. The third kappa shape index (κ3) is 7.66. The molecule has 0 aromatic carbocycles. The van der Waals surface area contributed by atoms with Crippen molar-refractivity contribution in [3.05, 3.63) is 0 Å². The fourth-order valence-corrected chi connectivity index (χ4v) is 0.415. The van der Waals surface area contributed by atoms with Crippen molar-refractivity contribution in [2.24, 2.45) is 0 Å². The van der Waals surface area contributed by atoms with E-state index in [1.165, 1.54) is 6.92 Å². The summed E-state index contributed by atoms with van der Waals surface area (Å²) in [6.07, 6.45) is -0.103. The van der Waals surface area contributed by atoms with Crippen molar-refractivity contribution in [3.8, 4) is 0 Å². The summed E-state index contributed by atoms with van der Waals surface area (Å²) in [6, 6.07) is 0. The van der Waals surface area contributed by atoms with Crippen molar-refractivity contribution < 1.29 is 31.4 Å². The predicted octanol–water partition coefficient (Wildman–Crippen LogP) is 0.526. The summed E-state index contributed by atoms with van der Waals surface area (Å²) >= 11 is 0. The Morgan fingerprint density at radius 2 is 1.90 bits per heavy atom. The zero-order chi connectivity index (χ0) is 7.28. The van der Waals surface area contributed by atoms with E-state index in [1.807, 2.05) is 0 Å². The Hall–Kier alpha value is -0.341. The topological polar surface area (TPSA) is 43.4 Å². The van der Waals surface area contributed by atoms with Crippen LogP contribution in [0.15, 0.2) is 0 Å². The number of ketones is 1. The normalized spacial score (nSPS) is 7.80. The molecular formula is C6H10CuO3+2. The SMILES string of the molecule is CCOC(=O)CC(C)=O.[Cu+2]. The summed E-state index contributed by atoms with van der Waals surface area (Å²) in [5, 5.41) is 0. The van der Waals surface area contributed by atoms with E-state index >= 15 is 0 Å².